The van der Waals surface area contributed by atoms with Crippen LogP contribution in [0.3, 0.4) is 0 Å². The van der Waals surface area contributed by atoms with Crippen molar-refractivity contribution in [2.45, 2.75) is 45.8 Å². The normalized spacial score (nSPS) is 16.7. The molecule has 2 aliphatic rings. The summed E-state index contributed by atoms with van der Waals surface area (Å²) in [6, 6.07) is 4.75. The van der Waals surface area contributed by atoms with E-state index in [9.17, 15) is 14.6 Å². The lowest BCUT2D eigenvalue weighted by atomic mass is 10.0. The van der Waals surface area contributed by atoms with Crippen LogP contribution in [0.25, 0.3) is 0 Å². The molecule has 168 valence electrons. The van der Waals surface area contributed by atoms with E-state index in [2.05, 4.69) is 9.80 Å². The van der Waals surface area contributed by atoms with Crippen molar-refractivity contribution in [1.29, 1.82) is 0 Å². The Bertz CT molecular complexity index is 915. The molecular formula is C24H32FN3O3. The monoisotopic (exact) mass is 429 g/mol. The number of aromatic nitrogens is 1. The second kappa shape index (κ2) is 9.22. The molecule has 0 bridgehead atoms. The molecule has 1 fully saturated rings. The first-order valence-electron chi connectivity index (χ1n) is 11.1. The number of fused-ring (bicyclic) bond motifs is 1. The fourth-order valence-corrected chi connectivity index (χ4v) is 4.50. The maximum absolute atomic E-state index is 13.7. The molecule has 0 saturated carbocycles. The number of halogens is 1. The number of hydrogen-bond donors (Lipinski definition) is 2. The van der Waals surface area contributed by atoms with Crippen LogP contribution >= 0.6 is 0 Å². The lowest BCUT2D eigenvalue weighted by molar-refractivity contribution is 0.234. The van der Waals surface area contributed by atoms with Crippen molar-refractivity contribution < 1.29 is 19.3 Å². The minimum atomic E-state index is -0.285. The first-order valence-corrected chi connectivity index (χ1v) is 11.1. The molecule has 1 aliphatic carbocycles. The second-order valence-corrected chi connectivity index (χ2v) is 8.60. The van der Waals surface area contributed by atoms with Crippen LogP contribution in [0.2, 0.25) is 0 Å². The molecule has 31 heavy (non-hydrogen) atoms. The van der Waals surface area contributed by atoms with Crippen LogP contribution in [0, 0.1) is 5.82 Å². The predicted molar refractivity (Wildman–Crippen MR) is 120 cm³/mol. The standard InChI is InChI=1S/C24H32FN3O3/c1-17(2)31-22-16-18(25)8-9-21(22)27-14-12-26(13-15-27)10-5-11-28-23(29)19-6-3-4-7-20(19)24(28)30/h3-4,8-9,16-17,29-30H,5-7,10-15H2,1-2H3. The van der Waals surface area contributed by atoms with Crippen molar-refractivity contribution in [1.82, 2.24) is 9.47 Å². The third-order valence-electron chi connectivity index (χ3n) is 6.08. The Balaban J connectivity index is 1.30. The zero-order chi connectivity index (χ0) is 22.0. The molecule has 0 spiro atoms. The van der Waals surface area contributed by atoms with Gasteiger partial charge in [0, 0.05) is 49.9 Å². The number of piperazine rings is 1. The van der Waals surface area contributed by atoms with Gasteiger partial charge in [0.1, 0.15) is 11.6 Å². The molecule has 0 amide bonds. The van der Waals surface area contributed by atoms with Crippen molar-refractivity contribution >= 4 is 5.69 Å². The van der Waals surface area contributed by atoms with Gasteiger partial charge in [-0.05, 0) is 51.8 Å². The SMILES string of the molecule is CC(C)Oc1cc(F)ccc1N1CCN(CCCn2c(O)c3c(c2O)CC=CC3)CC1. The van der Waals surface area contributed by atoms with Crippen LogP contribution < -0.4 is 9.64 Å². The molecule has 2 heterocycles. The summed E-state index contributed by atoms with van der Waals surface area (Å²) in [5.41, 5.74) is 2.65. The molecule has 7 heteroatoms. The fraction of sp³-hybridized carbons (Fsp3) is 0.500. The van der Waals surface area contributed by atoms with Gasteiger partial charge in [-0.15, -0.1) is 0 Å². The van der Waals surface area contributed by atoms with E-state index in [0.29, 0.717) is 25.1 Å². The van der Waals surface area contributed by atoms with Gasteiger partial charge in [0.25, 0.3) is 0 Å². The van der Waals surface area contributed by atoms with Crippen molar-refractivity contribution in [2.24, 2.45) is 0 Å². The molecule has 0 unspecified atom stereocenters. The summed E-state index contributed by atoms with van der Waals surface area (Å²) in [5, 5.41) is 20.9. The van der Waals surface area contributed by atoms with E-state index >= 15 is 0 Å². The quantitative estimate of drug-likeness (QED) is 0.658. The first kappa shape index (κ1) is 21.6. The Morgan fingerprint density at radius 1 is 0.968 bits per heavy atom. The van der Waals surface area contributed by atoms with Crippen molar-refractivity contribution in [3.05, 3.63) is 47.3 Å². The molecule has 0 atom stereocenters. The summed E-state index contributed by atoms with van der Waals surface area (Å²) < 4.78 is 21.2. The van der Waals surface area contributed by atoms with Gasteiger partial charge < -0.3 is 19.8 Å². The fourth-order valence-electron chi connectivity index (χ4n) is 4.50. The number of benzene rings is 1. The number of aromatic hydroxyl groups is 2. The number of hydrogen-bond acceptors (Lipinski definition) is 5. The van der Waals surface area contributed by atoms with E-state index in [1.165, 1.54) is 12.1 Å². The Morgan fingerprint density at radius 3 is 2.23 bits per heavy atom. The molecule has 0 radical (unpaired) electrons. The molecule has 6 nitrogen and oxygen atoms in total. The Kier molecular flexibility index (Phi) is 6.41. The Hall–Kier alpha value is -2.67. The molecule has 2 aromatic rings. The molecule has 1 aliphatic heterocycles. The maximum atomic E-state index is 13.7. The van der Waals surface area contributed by atoms with Crippen molar-refractivity contribution in [3.8, 4) is 17.5 Å². The van der Waals surface area contributed by atoms with E-state index in [-0.39, 0.29) is 23.7 Å². The van der Waals surface area contributed by atoms with Gasteiger partial charge in [0.05, 0.1) is 11.8 Å². The van der Waals surface area contributed by atoms with E-state index in [4.69, 9.17) is 4.74 Å². The third kappa shape index (κ3) is 4.66. The summed E-state index contributed by atoms with van der Waals surface area (Å²) in [6.07, 6.45) is 6.25. The number of allylic oxidation sites excluding steroid dienone is 2. The lowest BCUT2D eigenvalue weighted by Gasteiger charge is -2.37. The average molecular weight is 430 g/mol. The van der Waals surface area contributed by atoms with Gasteiger partial charge in [-0.2, -0.15) is 0 Å². The van der Waals surface area contributed by atoms with Gasteiger partial charge in [-0.1, -0.05) is 12.2 Å². The summed E-state index contributed by atoms with van der Waals surface area (Å²) in [6.45, 7) is 8.88. The smallest absolute Gasteiger partial charge is 0.197 e. The molecule has 1 saturated heterocycles. The van der Waals surface area contributed by atoms with Crippen LogP contribution in [-0.2, 0) is 19.4 Å². The van der Waals surface area contributed by atoms with Crippen molar-refractivity contribution in [2.75, 3.05) is 37.6 Å². The molecule has 1 aromatic heterocycles. The zero-order valence-corrected chi connectivity index (χ0v) is 18.4. The Labute approximate surface area is 183 Å². The van der Waals surface area contributed by atoms with Gasteiger partial charge in [0.2, 0.25) is 0 Å². The molecule has 2 N–H and O–H groups in total. The molecule has 4 rings (SSSR count). The van der Waals surface area contributed by atoms with Crippen LogP contribution in [0.1, 0.15) is 31.4 Å². The van der Waals surface area contributed by atoms with Gasteiger partial charge in [-0.3, -0.25) is 9.47 Å². The largest absolute Gasteiger partial charge is 0.494 e. The van der Waals surface area contributed by atoms with Crippen LogP contribution in [-0.4, -0.2) is 58.5 Å². The minimum absolute atomic E-state index is 0.00944. The van der Waals surface area contributed by atoms with E-state index in [1.54, 1.807) is 10.6 Å². The number of ether oxygens (including phenoxy) is 1. The van der Waals surface area contributed by atoms with Crippen LogP contribution in [0.15, 0.2) is 30.4 Å². The number of anilines is 1. The highest BCUT2D eigenvalue weighted by Crippen LogP contribution is 2.37. The third-order valence-corrected chi connectivity index (χ3v) is 6.08. The van der Waals surface area contributed by atoms with E-state index in [1.807, 2.05) is 26.0 Å². The van der Waals surface area contributed by atoms with Crippen molar-refractivity contribution in [3.63, 3.8) is 0 Å². The van der Waals surface area contributed by atoms with Gasteiger partial charge in [0.15, 0.2) is 11.8 Å². The minimum Gasteiger partial charge on any atom is -0.494 e. The topological polar surface area (TPSA) is 61.1 Å². The average Bonchev–Trinajstić information content (AvgIpc) is 2.99. The highest BCUT2D eigenvalue weighted by molar-refractivity contribution is 5.59. The molecule has 1 aromatic carbocycles. The highest BCUT2D eigenvalue weighted by Gasteiger charge is 2.23. The van der Waals surface area contributed by atoms with Crippen LogP contribution in [0.5, 0.6) is 17.5 Å². The Morgan fingerprint density at radius 2 is 1.61 bits per heavy atom. The lowest BCUT2D eigenvalue weighted by Crippen LogP contribution is -2.46. The highest BCUT2D eigenvalue weighted by atomic mass is 19.1. The summed E-state index contributed by atoms with van der Waals surface area (Å²) >= 11 is 0. The van der Waals surface area contributed by atoms with Gasteiger partial charge >= 0.3 is 0 Å². The first-order chi connectivity index (χ1) is 14.9. The zero-order valence-electron chi connectivity index (χ0n) is 18.4. The number of nitrogens with zero attached hydrogens (tertiary/aromatic N) is 3. The summed E-state index contributed by atoms with van der Waals surface area (Å²) in [7, 11) is 0. The van der Waals surface area contributed by atoms with Crippen LogP contribution in [0.4, 0.5) is 10.1 Å². The summed E-state index contributed by atoms with van der Waals surface area (Å²) in [4.78, 5) is 4.64. The van der Waals surface area contributed by atoms with E-state index in [0.717, 1.165) is 56.0 Å². The van der Waals surface area contributed by atoms with E-state index < -0.39 is 0 Å². The maximum Gasteiger partial charge on any atom is 0.197 e. The predicted octanol–water partition coefficient (Wildman–Crippen LogP) is 3.69. The summed E-state index contributed by atoms with van der Waals surface area (Å²) in [5.74, 6) is 0.721. The molecular weight excluding hydrogens is 397 g/mol. The number of rotatable bonds is 7. The van der Waals surface area contributed by atoms with Gasteiger partial charge in [-0.25, -0.2) is 4.39 Å². The second-order valence-electron chi connectivity index (χ2n) is 8.60.